The second kappa shape index (κ2) is 5.40. The van der Waals surface area contributed by atoms with Gasteiger partial charge in [0.2, 0.25) is 0 Å². The Morgan fingerprint density at radius 3 is 2.63 bits per heavy atom. The summed E-state index contributed by atoms with van der Waals surface area (Å²) in [4.78, 5) is 16.3. The van der Waals surface area contributed by atoms with Crippen LogP contribution in [0.1, 0.15) is 21.5 Å². The molecule has 0 fully saturated rings. The molecule has 0 aliphatic carbocycles. The molecule has 1 aromatic heterocycles. The van der Waals surface area contributed by atoms with E-state index in [9.17, 15) is 4.79 Å². The maximum Gasteiger partial charge on any atom is 0.256 e. The van der Waals surface area contributed by atoms with Crippen molar-refractivity contribution in [3.63, 3.8) is 0 Å². The Labute approximate surface area is 120 Å². The number of halogens is 1. The Morgan fingerprint density at radius 1 is 1.26 bits per heavy atom. The summed E-state index contributed by atoms with van der Waals surface area (Å²) in [5.74, 6) is 0.331. The molecule has 1 aromatic carbocycles. The lowest BCUT2D eigenvalue weighted by Gasteiger charge is -2.08. The molecular weight excluding hydrogens is 306 g/mol. The highest BCUT2D eigenvalue weighted by molar-refractivity contribution is 9.10. The molecular formula is C14H14BrN3O. The predicted octanol–water partition coefficient (Wildman–Crippen LogP) is 3.30. The fraction of sp³-hybridized carbons (Fsp3) is 0.143. The minimum absolute atomic E-state index is 0.218. The maximum absolute atomic E-state index is 12.1. The number of amides is 1. The molecule has 0 saturated carbocycles. The van der Waals surface area contributed by atoms with Crippen LogP contribution in [0.5, 0.6) is 0 Å². The molecule has 0 saturated heterocycles. The number of hydrogen-bond donors (Lipinski definition) is 2. The first-order valence-corrected chi connectivity index (χ1v) is 6.56. The standard InChI is InChI=1S/C14H14BrN3O/c1-8-3-4-10(6-12(8)16)14(19)18-13-9(2)5-11(15)7-17-13/h3-7H,16H2,1-2H3,(H,17,18,19). The number of nitrogens with zero attached hydrogens (tertiary/aromatic N) is 1. The molecule has 5 heteroatoms. The molecule has 0 aliphatic rings. The summed E-state index contributed by atoms with van der Waals surface area (Å²) in [6, 6.07) is 7.13. The fourth-order valence-corrected chi connectivity index (χ4v) is 2.08. The van der Waals surface area contributed by atoms with E-state index in [4.69, 9.17) is 5.73 Å². The van der Waals surface area contributed by atoms with Crippen molar-refractivity contribution >= 4 is 33.3 Å². The zero-order chi connectivity index (χ0) is 14.0. The summed E-state index contributed by atoms with van der Waals surface area (Å²) < 4.78 is 0.877. The molecule has 3 N–H and O–H groups in total. The Bertz CT molecular complexity index is 641. The van der Waals surface area contributed by atoms with Crippen molar-refractivity contribution < 1.29 is 4.79 Å². The summed E-state index contributed by atoms with van der Waals surface area (Å²) >= 11 is 3.33. The van der Waals surface area contributed by atoms with Crippen molar-refractivity contribution in [1.82, 2.24) is 4.98 Å². The number of benzene rings is 1. The van der Waals surface area contributed by atoms with Crippen LogP contribution < -0.4 is 11.1 Å². The van der Waals surface area contributed by atoms with Gasteiger partial charge in [0.15, 0.2) is 0 Å². The maximum atomic E-state index is 12.1. The van der Waals surface area contributed by atoms with E-state index < -0.39 is 0 Å². The first-order chi connectivity index (χ1) is 8.97. The minimum Gasteiger partial charge on any atom is -0.398 e. The van der Waals surface area contributed by atoms with Gasteiger partial charge >= 0.3 is 0 Å². The van der Waals surface area contributed by atoms with E-state index in [2.05, 4.69) is 26.2 Å². The van der Waals surface area contributed by atoms with Crippen molar-refractivity contribution in [3.8, 4) is 0 Å². The van der Waals surface area contributed by atoms with Gasteiger partial charge in [-0.15, -0.1) is 0 Å². The fourth-order valence-electron chi connectivity index (χ4n) is 1.63. The molecule has 4 nitrogen and oxygen atoms in total. The molecule has 0 spiro atoms. The average Bonchev–Trinajstić information content (AvgIpc) is 2.36. The SMILES string of the molecule is Cc1ccc(C(=O)Nc2ncc(Br)cc2C)cc1N. The van der Waals surface area contributed by atoms with Gasteiger partial charge in [-0.25, -0.2) is 4.98 Å². The molecule has 19 heavy (non-hydrogen) atoms. The molecule has 1 heterocycles. The third-order valence-electron chi connectivity index (χ3n) is 2.82. The highest BCUT2D eigenvalue weighted by Gasteiger charge is 2.09. The summed E-state index contributed by atoms with van der Waals surface area (Å²) in [5, 5.41) is 2.77. The van der Waals surface area contributed by atoms with Crippen molar-refractivity contribution in [2.45, 2.75) is 13.8 Å². The van der Waals surface area contributed by atoms with Gasteiger partial charge in [0.05, 0.1) is 0 Å². The highest BCUT2D eigenvalue weighted by Crippen LogP contribution is 2.18. The number of rotatable bonds is 2. The van der Waals surface area contributed by atoms with Crippen LogP contribution in [-0.4, -0.2) is 10.9 Å². The Kier molecular flexibility index (Phi) is 3.85. The smallest absolute Gasteiger partial charge is 0.256 e. The zero-order valence-electron chi connectivity index (χ0n) is 10.7. The predicted molar refractivity (Wildman–Crippen MR) is 80.2 cm³/mol. The van der Waals surface area contributed by atoms with Crippen LogP contribution in [0.25, 0.3) is 0 Å². The van der Waals surface area contributed by atoms with Crippen LogP contribution >= 0.6 is 15.9 Å². The second-order valence-electron chi connectivity index (χ2n) is 4.34. The van der Waals surface area contributed by atoms with Crippen molar-refractivity contribution in [2.75, 3.05) is 11.1 Å². The first kappa shape index (κ1) is 13.5. The molecule has 0 atom stereocenters. The van der Waals surface area contributed by atoms with Gasteiger partial charge in [0.1, 0.15) is 5.82 Å². The van der Waals surface area contributed by atoms with Crippen LogP contribution in [0.2, 0.25) is 0 Å². The molecule has 2 aromatic rings. The van der Waals surface area contributed by atoms with Gasteiger partial charge in [-0.3, -0.25) is 4.79 Å². The van der Waals surface area contributed by atoms with E-state index in [1.54, 1.807) is 18.3 Å². The lowest BCUT2D eigenvalue weighted by Crippen LogP contribution is -2.14. The molecule has 0 bridgehead atoms. The Balaban J connectivity index is 2.23. The van der Waals surface area contributed by atoms with Gasteiger partial charge in [-0.2, -0.15) is 0 Å². The molecule has 0 aliphatic heterocycles. The molecule has 98 valence electrons. The largest absolute Gasteiger partial charge is 0.398 e. The quantitative estimate of drug-likeness (QED) is 0.834. The molecule has 0 radical (unpaired) electrons. The van der Waals surface area contributed by atoms with Crippen LogP contribution in [0.15, 0.2) is 34.9 Å². The number of aromatic nitrogens is 1. The number of nitrogens with two attached hydrogens (primary N) is 1. The van der Waals surface area contributed by atoms with Crippen molar-refractivity contribution in [2.24, 2.45) is 0 Å². The Hall–Kier alpha value is -1.88. The minimum atomic E-state index is -0.218. The van der Waals surface area contributed by atoms with E-state index in [0.29, 0.717) is 17.1 Å². The summed E-state index contributed by atoms with van der Waals surface area (Å²) in [6.45, 7) is 3.79. The van der Waals surface area contributed by atoms with Gasteiger partial charge in [-0.05, 0) is 59.1 Å². The van der Waals surface area contributed by atoms with Crippen LogP contribution in [-0.2, 0) is 0 Å². The topological polar surface area (TPSA) is 68.0 Å². The third kappa shape index (κ3) is 3.12. The average molecular weight is 320 g/mol. The van der Waals surface area contributed by atoms with E-state index in [-0.39, 0.29) is 5.91 Å². The first-order valence-electron chi connectivity index (χ1n) is 5.77. The molecule has 2 rings (SSSR count). The number of nitrogen functional groups attached to an aromatic ring is 1. The summed E-state index contributed by atoms with van der Waals surface area (Å²) in [6.07, 6.45) is 1.64. The van der Waals surface area contributed by atoms with Gasteiger partial charge in [-0.1, -0.05) is 6.07 Å². The van der Waals surface area contributed by atoms with Crippen LogP contribution in [0.3, 0.4) is 0 Å². The van der Waals surface area contributed by atoms with Gasteiger partial charge in [0.25, 0.3) is 5.91 Å². The summed E-state index contributed by atoms with van der Waals surface area (Å²) in [5.41, 5.74) is 8.77. The van der Waals surface area contributed by atoms with E-state index in [1.165, 1.54) is 0 Å². The zero-order valence-corrected chi connectivity index (χ0v) is 12.3. The van der Waals surface area contributed by atoms with Crippen molar-refractivity contribution in [3.05, 3.63) is 51.6 Å². The number of aryl methyl sites for hydroxylation is 2. The number of carbonyl (C=O) groups excluding carboxylic acids is 1. The molecule has 1 amide bonds. The van der Waals surface area contributed by atoms with Gasteiger partial charge < -0.3 is 11.1 Å². The van der Waals surface area contributed by atoms with Gasteiger partial charge in [0, 0.05) is 21.9 Å². The summed E-state index contributed by atoms with van der Waals surface area (Å²) in [7, 11) is 0. The lowest BCUT2D eigenvalue weighted by molar-refractivity contribution is 0.102. The second-order valence-corrected chi connectivity index (χ2v) is 5.26. The van der Waals surface area contributed by atoms with E-state index in [0.717, 1.165) is 15.6 Å². The van der Waals surface area contributed by atoms with Crippen LogP contribution in [0.4, 0.5) is 11.5 Å². The molecule has 0 unspecified atom stereocenters. The lowest BCUT2D eigenvalue weighted by atomic mass is 10.1. The number of hydrogen-bond acceptors (Lipinski definition) is 3. The normalized spacial score (nSPS) is 10.3. The number of pyridine rings is 1. The monoisotopic (exact) mass is 319 g/mol. The van der Waals surface area contributed by atoms with E-state index in [1.807, 2.05) is 26.0 Å². The number of anilines is 2. The van der Waals surface area contributed by atoms with E-state index >= 15 is 0 Å². The highest BCUT2D eigenvalue weighted by atomic mass is 79.9. The van der Waals surface area contributed by atoms with Crippen molar-refractivity contribution in [1.29, 1.82) is 0 Å². The number of nitrogens with one attached hydrogen (secondary N) is 1. The Morgan fingerprint density at radius 2 is 2.00 bits per heavy atom. The third-order valence-corrected chi connectivity index (χ3v) is 3.25. The van der Waals surface area contributed by atoms with Crippen LogP contribution in [0, 0.1) is 13.8 Å². The number of carbonyl (C=O) groups is 1.